The fourth-order valence-electron chi connectivity index (χ4n) is 3.01. The third-order valence-electron chi connectivity index (χ3n) is 4.19. The number of benzene rings is 1. The van der Waals surface area contributed by atoms with E-state index in [1.54, 1.807) is 11.1 Å². The second-order valence-electron chi connectivity index (χ2n) is 7.46. The lowest BCUT2D eigenvalue weighted by Gasteiger charge is -2.32. The van der Waals surface area contributed by atoms with Crippen LogP contribution in [-0.4, -0.2) is 28.4 Å². The van der Waals surface area contributed by atoms with Crippen LogP contribution in [0.1, 0.15) is 51.4 Å². The van der Waals surface area contributed by atoms with E-state index in [4.69, 9.17) is 4.74 Å². The SMILES string of the molecule is CC(Nc1ccc2c(c1)N(C(=O)OC(C)(C)C)CCC2)c1ccn[nH]1. The van der Waals surface area contributed by atoms with Crippen molar-refractivity contribution in [2.75, 3.05) is 16.8 Å². The van der Waals surface area contributed by atoms with Crippen molar-refractivity contribution in [2.45, 2.75) is 52.2 Å². The molecule has 0 radical (unpaired) electrons. The average Bonchev–Trinajstić information content (AvgIpc) is 3.07. The van der Waals surface area contributed by atoms with Crippen LogP contribution in [0.15, 0.2) is 30.5 Å². The molecule has 2 aromatic rings. The van der Waals surface area contributed by atoms with Gasteiger partial charge in [-0.05, 0) is 64.3 Å². The van der Waals surface area contributed by atoms with Gasteiger partial charge in [0, 0.05) is 18.4 Å². The summed E-state index contributed by atoms with van der Waals surface area (Å²) in [4.78, 5) is 14.3. The van der Waals surface area contributed by atoms with E-state index in [2.05, 4.69) is 34.6 Å². The van der Waals surface area contributed by atoms with Gasteiger partial charge in [0.25, 0.3) is 0 Å². The Labute approximate surface area is 148 Å². The number of hydrogen-bond donors (Lipinski definition) is 2. The third-order valence-corrected chi connectivity index (χ3v) is 4.19. The van der Waals surface area contributed by atoms with Crippen LogP contribution in [0, 0.1) is 0 Å². The molecule has 6 nitrogen and oxygen atoms in total. The van der Waals surface area contributed by atoms with Gasteiger partial charge in [0.05, 0.1) is 17.4 Å². The highest BCUT2D eigenvalue weighted by atomic mass is 16.6. The third kappa shape index (κ3) is 4.13. The first-order chi connectivity index (χ1) is 11.8. The highest BCUT2D eigenvalue weighted by Crippen LogP contribution is 2.32. The number of hydrogen-bond acceptors (Lipinski definition) is 4. The topological polar surface area (TPSA) is 70.2 Å². The molecule has 1 unspecified atom stereocenters. The Kier molecular flexibility index (Phi) is 4.70. The number of nitrogens with zero attached hydrogens (tertiary/aromatic N) is 2. The summed E-state index contributed by atoms with van der Waals surface area (Å²) in [5.41, 5.74) is 3.59. The minimum atomic E-state index is -0.500. The van der Waals surface area contributed by atoms with Crippen molar-refractivity contribution in [3.63, 3.8) is 0 Å². The number of ether oxygens (including phenoxy) is 1. The number of aromatic nitrogens is 2. The summed E-state index contributed by atoms with van der Waals surface area (Å²) in [6.45, 7) is 8.42. The monoisotopic (exact) mass is 342 g/mol. The zero-order chi connectivity index (χ0) is 18.0. The molecule has 1 amide bonds. The molecule has 0 fully saturated rings. The van der Waals surface area contributed by atoms with Gasteiger partial charge in [-0.15, -0.1) is 0 Å². The van der Waals surface area contributed by atoms with Gasteiger partial charge < -0.3 is 10.1 Å². The Bertz CT molecular complexity index is 734. The van der Waals surface area contributed by atoms with Crippen LogP contribution in [-0.2, 0) is 11.2 Å². The van der Waals surface area contributed by atoms with E-state index in [9.17, 15) is 4.79 Å². The molecule has 0 aliphatic carbocycles. The molecule has 1 atom stereocenters. The van der Waals surface area contributed by atoms with Gasteiger partial charge in [0.15, 0.2) is 0 Å². The van der Waals surface area contributed by atoms with E-state index in [-0.39, 0.29) is 12.1 Å². The normalized spacial score (nSPS) is 15.4. The lowest BCUT2D eigenvalue weighted by Crippen LogP contribution is -2.39. The number of anilines is 2. The van der Waals surface area contributed by atoms with Gasteiger partial charge in [0.1, 0.15) is 5.60 Å². The summed E-state index contributed by atoms with van der Waals surface area (Å²) in [5, 5.41) is 10.4. The zero-order valence-electron chi connectivity index (χ0n) is 15.3. The maximum atomic E-state index is 12.6. The second-order valence-corrected chi connectivity index (χ2v) is 7.46. The molecular weight excluding hydrogens is 316 g/mol. The largest absolute Gasteiger partial charge is 0.443 e. The summed E-state index contributed by atoms with van der Waals surface area (Å²) in [5.74, 6) is 0. The van der Waals surface area contributed by atoms with E-state index in [1.165, 1.54) is 5.56 Å². The number of rotatable bonds is 3. The smallest absolute Gasteiger partial charge is 0.414 e. The number of amides is 1. The molecule has 25 heavy (non-hydrogen) atoms. The Morgan fingerprint density at radius 3 is 2.84 bits per heavy atom. The van der Waals surface area contributed by atoms with Gasteiger partial charge in [0.2, 0.25) is 0 Å². The van der Waals surface area contributed by atoms with Crippen LogP contribution in [0.2, 0.25) is 0 Å². The van der Waals surface area contributed by atoms with E-state index in [1.807, 2.05) is 32.9 Å². The number of aromatic amines is 1. The van der Waals surface area contributed by atoms with Crippen molar-refractivity contribution in [3.05, 3.63) is 41.7 Å². The highest BCUT2D eigenvalue weighted by Gasteiger charge is 2.27. The number of carbonyl (C=O) groups excluding carboxylic acids is 1. The number of H-pyrrole nitrogens is 1. The number of fused-ring (bicyclic) bond motifs is 1. The summed E-state index contributed by atoms with van der Waals surface area (Å²) >= 11 is 0. The van der Waals surface area contributed by atoms with Gasteiger partial charge in [-0.1, -0.05) is 6.07 Å². The molecule has 1 aromatic heterocycles. The van der Waals surface area contributed by atoms with Gasteiger partial charge in [-0.2, -0.15) is 5.10 Å². The lowest BCUT2D eigenvalue weighted by molar-refractivity contribution is 0.0578. The van der Waals surface area contributed by atoms with Crippen LogP contribution in [0.4, 0.5) is 16.2 Å². The van der Waals surface area contributed by atoms with Crippen LogP contribution in [0.3, 0.4) is 0 Å². The van der Waals surface area contributed by atoms with E-state index >= 15 is 0 Å². The summed E-state index contributed by atoms with van der Waals surface area (Å²) in [6.07, 6.45) is 3.38. The van der Waals surface area contributed by atoms with Crippen molar-refractivity contribution >= 4 is 17.5 Å². The van der Waals surface area contributed by atoms with E-state index in [0.717, 1.165) is 29.9 Å². The molecular formula is C19H26N4O2. The first-order valence-electron chi connectivity index (χ1n) is 8.73. The molecule has 0 spiro atoms. The first-order valence-corrected chi connectivity index (χ1v) is 8.73. The van der Waals surface area contributed by atoms with Crippen LogP contribution in [0.25, 0.3) is 0 Å². The van der Waals surface area contributed by atoms with Crippen LogP contribution in [0.5, 0.6) is 0 Å². The van der Waals surface area contributed by atoms with Gasteiger partial charge in [-0.25, -0.2) is 4.79 Å². The van der Waals surface area contributed by atoms with Gasteiger partial charge >= 0.3 is 6.09 Å². The van der Waals surface area contributed by atoms with Crippen molar-refractivity contribution in [1.82, 2.24) is 10.2 Å². The van der Waals surface area contributed by atoms with Crippen LogP contribution >= 0.6 is 0 Å². The molecule has 6 heteroatoms. The van der Waals surface area contributed by atoms with Crippen molar-refractivity contribution in [2.24, 2.45) is 0 Å². The lowest BCUT2D eigenvalue weighted by atomic mass is 10.0. The molecule has 3 rings (SSSR count). The standard InChI is InChI=1S/C19H26N4O2/c1-13(16-9-10-20-22-16)21-15-8-7-14-6-5-11-23(17(14)12-15)18(24)25-19(2,3)4/h7-10,12-13,21H,5-6,11H2,1-4H3,(H,20,22). The van der Waals surface area contributed by atoms with Gasteiger partial charge in [-0.3, -0.25) is 10.00 Å². The van der Waals surface area contributed by atoms with Crippen molar-refractivity contribution in [1.29, 1.82) is 0 Å². The Morgan fingerprint density at radius 2 is 2.16 bits per heavy atom. The van der Waals surface area contributed by atoms with E-state index in [0.29, 0.717) is 6.54 Å². The summed E-state index contributed by atoms with van der Waals surface area (Å²) < 4.78 is 5.57. The fraction of sp³-hybridized carbons (Fsp3) is 0.474. The maximum Gasteiger partial charge on any atom is 0.414 e. The minimum Gasteiger partial charge on any atom is -0.443 e. The predicted molar refractivity (Wildman–Crippen MR) is 99.0 cm³/mol. The predicted octanol–water partition coefficient (Wildman–Crippen LogP) is 4.27. The minimum absolute atomic E-state index is 0.0964. The summed E-state index contributed by atoms with van der Waals surface area (Å²) in [7, 11) is 0. The number of aryl methyl sites for hydroxylation is 1. The van der Waals surface area contributed by atoms with E-state index < -0.39 is 5.60 Å². The molecule has 0 saturated carbocycles. The Morgan fingerprint density at radius 1 is 1.36 bits per heavy atom. The molecule has 1 aliphatic heterocycles. The molecule has 1 aliphatic rings. The number of nitrogens with one attached hydrogen (secondary N) is 2. The highest BCUT2D eigenvalue weighted by molar-refractivity contribution is 5.90. The number of carbonyl (C=O) groups is 1. The molecule has 1 aromatic carbocycles. The fourth-order valence-corrected chi connectivity index (χ4v) is 3.01. The molecule has 2 N–H and O–H groups in total. The zero-order valence-corrected chi connectivity index (χ0v) is 15.3. The van der Waals surface area contributed by atoms with Crippen LogP contribution < -0.4 is 10.2 Å². The summed E-state index contributed by atoms with van der Waals surface area (Å²) in [6, 6.07) is 8.23. The second kappa shape index (κ2) is 6.78. The quantitative estimate of drug-likeness (QED) is 0.874. The molecule has 134 valence electrons. The molecule has 2 heterocycles. The average molecular weight is 342 g/mol. The van der Waals surface area contributed by atoms with Crippen molar-refractivity contribution in [3.8, 4) is 0 Å². The maximum absolute atomic E-state index is 12.6. The molecule has 0 bridgehead atoms. The Balaban J connectivity index is 1.81. The molecule has 0 saturated heterocycles. The Hall–Kier alpha value is -2.50. The van der Waals surface area contributed by atoms with Crippen molar-refractivity contribution < 1.29 is 9.53 Å². The first kappa shape index (κ1) is 17.3.